The first-order chi connectivity index (χ1) is 16.9. The number of anilines is 1. The quantitative estimate of drug-likeness (QED) is 0.260. The topological polar surface area (TPSA) is 96.9 Å². The van der Waals surface area contributed by atoms with Crippen LogP contribution in [0, 0.1) is 6.92 Å². The highest BCUT2D eigenvalue weighted by Crippen LogP contribution is 2.21. The van der Waals surface area contributed by atoms with Gasteiger partial charge in [-0.15, -0.1) is 0 Å². The van der Waals surface area contributed by atoms with Crippen LogP contribution in [0.1, 0.15) is 21.5 Å². The number of sulfonamides is 1. The number of ether oxygens (including phenoxy) is 1. The van der Waals surface area contributed by atoms with Crippen LogP contribution in [-0.2, 0) is 10.0 Å². The molecule has 4 aromatic carbocycles. The Morgan fingerprint density at radius 1 is 0.829 bits per heavy atom. The second kappa shape index (κ2) is 10.7. The molecule has 0 radical (unpaired) electrons. The number of nitrogens with zero attached hydrogens (tertiary/aromatic N) is 1. The first kappa shape index (κ1) is 23.7. The SMILES string of the molecule is Cc1ccc(S(=O)(=O)Nc2ccc(C(=O)NN=Cc3cccc(Oc4ccccc4)c3)cc2)cc1. The van der Waals surface area contributed by atoms with Gasteiger partial charge in [-0.3, -0.25) is 9.52 Å². The number of carbonyl (C=O) groups is 1. The molecule has 0 fully saturated rings. The zero-order valence-electron chi connectivity index (χ0n) is 18.9. The summed E-state index contributed by atoms with van der Waals surface area (Å²) < 4.78 is 33.3. The number of nitrogens with one attached hydrogen (secondary N) is 2. The minimum Gasteiger partial charge on any atom is -0.457 e. The molecule has 4 rings (SSSR count). The molecule has 0 aliphatic carbocycles. The van der Waals surface area contributed by atoms with Gasteiger partial charge in [-0.2, -0.15) is 5.10 Å². The Balaban J connectivity index is 1.35. The van der Waals surface area contributed by atoms with Crippen molar-refractivity contribution in [2.75, 3.05) is 4.72 Å². The van der Waals surface area contributed by atoms with Crippen LogP contribution in [0.15, 0.2) is 113 Å². The predicted molar refractivity (Wildman–Crippen MR) is 136 cm³/mol. The summed E-state index contributed by atoms with van der Waals surface area (Å²) in [6.07, 6.45) is 1.51. The third kappa shape index (κ3) is 6.55. The van der Waals surface area contributed by atoms with Gasteiger partial charge in [0.05, 0.1) is 11.1 Å². The molecule has 2 N–H and O–H groups in total. The van der Waals surface area contributed by atoms with E-state index in [0.29, 0.717) is 17.0 Å². The van der Waals surface area contributed by atoms with Crippen molar-refractivity contribution in [1.82, 2.24) is 5.43 Å². The fourth-order valence-corrected chi connectivity index (χ4v) is 4.19. The lowest BCUT2D eigenvalue weighted by atomic mass is 10.2. The summed E-state index contributed by atoms with van der Waals surface area (Å²) in [5, 5.41) is 4.00. The van der Waals surface area contributed by atoms with E-state index in [0.717, 1.165) is 16.9 Å². The third-order valence-corrected chi connectivity index (χ3v) is 6.34. The number of hydrogen-bond donors (Lipinski definition) is 2. The summed E-state index contributed by atoms with van der Waals surface area (Å²) in [6.45, 7) is 1.88. The van der Waals surface area contributed by atoms with E-state index >= 15 is 0 Å². The summed E-state index contributed by atoms with van der Waals surface area (Å²) in [5.41, 5.74) is 4.87. The maximum atomic E-state index is 12.5. The molecule has 1 amide bonds. The van der Waals surface area contributed by atoms with Crippen LogP contribution in [-0.4, -0.2) is 20.5 Å². The van der Waals surface area contributed by atoms with E-state index in [1.165, 1.54) is 30.5 Å². The van der Waals surface area contributed by atoms with Gasteiger partial charge in [-0.25, -0.2) is 13.8 Å². The van der Waals surface area contributed by atoms with Gasteiger partial charge < -0.3 is 4.74 Å². The minimum absolute atomic E-state index is 0.164. The van der Waals surface area contributed by atoms with Crippen molar-refractivity contribution in [2.24, 2.45) is 5.10 Å². The third-order valence-electron chi connectivity index (χ3n) is 4.95. The lowest BCUT2D eigenvalue weighted by Gasteiger charge is -2.09. The van der Waals surface area contributed by atoms with Crippen LogP contribution in [0.5, 0.6) is 11.5 Å². The highest BCUT2D eigenvalue weighted by Gasteiger charge is 2.14. The van der Waals surface area contributed by atoms with E-state index in [2.05, 4.69) is 15.2 Å². The van der Waals surface area contributed by atoms with Gasteiger partial charge in [-0.05, 0) is 73.2 Å². The van der Waals surface area contributed by atoms with Crippen molar-refractivity contribution in [2.45, 2.75) is 11.8 Å². The molecule has 4 aromatic rings. The Labute approximate surface area is 204 Å². The van der Waals surface area contributed by atoms with Crippen molar-refractivity contribution in [1.29, 1.82) is 0 Å². The molecule has 176 valence electrons. The molecule has 0 atom stereocenters. The van der Waals surface area contributed by atoms with Gasteiger partial charge in [0.25, 0.3) is 15.9 Å². The first-order valence-electron chi connectivity index (χ1n) is 10.7. The summed E-state index contributed by atoms with van der Waals surface area (Å²) in [5.74, 6) is 0.945. The van der Waals surface area contributed by atoms with Gasteiger partial charge in [0, 0.05) is 11.3 Å². The van der Waals surface area contributed by atoms with Crippen molar-refractivity contribution >= 4 is 27.8 Å². The molecule has 0 saturated carbocycles. The fourth-order valence-electron chi connectivity index (χ4n) is 3.13. The van der Waals surface area contributed by atoms with Gasteiger partial charge in [-0.1, -0.05) is 48.0 Å². The van der Waals surface area contributed by atoms with Crippen molar-refractivity contribution in [3.8, 4) is 11.5 Å². The van der Waals surface area contributed by atoms with Crippen molar-refractivity contribution in [3.05, 3.63) is 120 Å². The summed E-state index contributed by atoms with van der Waals surface area (Å²) in [4.78, 5) is 12.6. The van der Waals surface area contributed by atoms with Crippen LogP contribution in [0.25, 0.3) is 0 Å². The Morgan fingerprint density at radius 3 is 2.23 bits per heavy atom. The van der Waals surface area contributed by atoms with Gasteiger partial charge >= 0.3 is 0 Å². The Bertz CT molecular complexity index is 1430. The van der Waals surface area contributed by atoms with E-state index in [-0.39, 0.29) is 4.90 Å². The number of para-hydroxylation sites is 1. The van der Waals surface area contributed by atoms with Gasteiger partial charge in [0.15, 0.2) is 0 Å². The highest BCUT2D eigenvalue weighted by atomic mass is 32.2. The van der Waals surface area contributed by atoms with Crippen LogP contribution >= 0.6 is 0 Å². The normalized spacial score (nSPS) is 11.2. The Morgan fingerprint density at radius 2 is 1.51 bits per heavy atom. The number of benzene rings is 4. The second-order valence-electron chi connectivity index (χ2n) is 7.68. The molecular formula is C27H23N3O4S. The number of carbonyl (C=O) groups excluding carboxylic acids is 1. The molecule has 0 bridgehead atoms. The summed E-state index contributed by atoms with van der Waals surface area (Å²) in [7, 11) is -3.72. The summed E-state index contributed by atoms with van der Waals surface area (Å²) in [6, 6.07) is 29.3. The molecule has 8 heteroatoms. The molecule has 0 aromatic heterocycles. The van der Waals surface area contributed by atoms with E-state index in [9.17, 15) is 13.2 Å². The highest BCUT2D eigenvalue weighted by molar-refractivity contribution is 7.92. The Hall–Kier alpha value is -4.43. The fraction of sp³-hybridized carbons (Fsp3) is 0.0370. The molecule has 0 heterocycles. The molecular weight excluding hydrogens is 462 g/mol. The molecule has 0 aliphatic heterocycles. The van der Waals surface area contributed by atoms with E-state index in [1.54, 1.807) is 30.3 Å². The standard InChI is InChI=1S/C27H23N3O4S/c1-20-10-16-26(17-11-20)35(32,33)30-23-14-12-22(13-15-23)27(31)29-28-19-21-6-5-9-25(18-21)34-24-7-3-2-4-8-24/h2-19,30H,1H3,(H,29,31). The van der Waals surface area contributed by atoms with Crippen molar-refractivity contribution < 1.29 is 17.9 Å². The maximum Gasteiger partial charge on any atom is 0.271 e. The average molecular weight is 486 g/mol. The smallest absolute Gasteiger partial charge is 0.271 e. The number of amides is 1. The monoisotopic (exact) mass is 485 g/mol. The zero-order chi connectivity index (χ0) is 24.7. The van der Waals surface area contributed by atoms with Crippen LogP contribution < -0.4 is 14.9 Å². The van der Waals surface area contributed by atoms with Crippen LogP contribution in [0.4, 0.5) is 5.69 Å². The molecule has 0 spiro atoms. The lowest BCUT2D eigenvalue weighted by Crippen LogP contribution is -2.18. The lowest BCUT2D eigenvalue weighted by molar-refractivity contribution is 0.0955. The second-order valence-corrected chi connectivity index (χ2v) is 9.37. The number of hydrogen-bond acceptors (Lipinski definition) is 5. The number of aryl methyl sites for hydroxylation is 1. The average Bonchev–Trinajstić information content (AvgIpc) is 2.85. The van der Waals surface area contributed by atoms with Crippen LogP contribution in [0.3, 0.4) is 0 Å². The molecule has 0 aliphatic rings. The van der Waals surface area contributed by atoms with E-state index in [1.807, 2.05) is 55.5 Å². The van der Waals surface area contributed by atoms with Gasteiger partial charge in [0.1, 0.15) is 11.5 Å². The molecule has 0 saturated heterocycles. The Kier molecular flexibility index (Phi) is 7.23. The minimum atomic E-state index is -3.72. The number of hydrazone groups is 1. The largest absolute Gasteiger partial charge is 0.457 e. The molecule has 7 nitrogen and oxygen atoms in total. The zero-order valence-corrected chi connectivity index (χ0v) is 19.7. The number of rotatable bonds is 8. The van der Waals surface area contributed by atoms with Gasteiger partial charge in [0.2, 0.25) is 0 Å². The summed E-state index contributed by atoms with van der Waals surface area (Å²) >= 11 is 0. The first-order valence-corrected chi connectivity index (χ1v) is 12.2. The van der Waals surface area contributed by atoms with Crippen LogP contribution in [0.2, 0.25) is 0 Å². The van der Waals surface area contributed by atoms with E-state index in [4.69, 9.17) is 4.74 Å². The maximum absolute atomic E-state index is 12.5. The molecule has 0 unspecified atom stereocenters. The molecule has 35 heavy (non-hydrogen) atoms. The van der Waals surface area contributed by atoms with E-state index < -0.39 is 15.9 Å². The predicted octanol–water partition coefficient (Wildman–Crippen LogP) is 5.35. The van der Waals surface area contributed by atoms with Crippen molar-refractivity contribution in [3.63, 3.8) is 0 Å².